The lowest BCUT2D eigenvalue weighted by molar-refractivity contribution is -0.135. The first-order valence-corrected chi connectivity index (χ1v) is 7.40. The number of benzene rings is 1. The lowest BCUT2D eigenvalue weighted by atomic mass is 9.92. The van der Waals surface area contributed by atoms with Crippen molar-refractivity contribution in [3.63, 3.8) is 0 Å². The van der Waals surface area contributed by atoms with Gasteiger partial charge in [0.1, 0.15) is 0 Å². The topological polar surface area (TPSA) is 20.3 Å². The summed E-state index contributed by atoms with van der Waals surface area (Å²) in [6, 6.07) is 8.58. The SMILES string of the molecule is CC.CCc1ccc(CN2CCC(C)(C)C2=O)cc1. The predicted molar refractivity (Wildman–Crippen MR) is 81.0 cm³/mol. The molecule has 2 nitrogen and oxygen atoms in total. The van der Waals surface area contributed by atoms with Gasteiger partial charge in [-0.05, 0) is 24.0 Å². The molecule has 1 fully saturated rings. The number of carbonyl (C=O) groups is 1. The molecule has 0 spiro atoms. The van der Waals surface area contributed by atoms with Gasteiger partial charge in [-0.1, -0.05) is 58.9 Å². The van der Waals surface area contributed by atoms with Crippen LogP contribution < -0.4 is 0 Å². The Bertz CT molecular complexity index is 406. The van der Waals surface area contributed by atoms with E-state index in [0.29, 0.717) is 0 Å². The second-order valence-corrected chi connectivity index (χ2v) is 5.53. The van der Waals surface area contributed by atoms with Gasteiger partial charge in [0, 0.05) is 18.5 Å². The molecule has 0 unspecified atom stereocenters. The van der Waals surface area contributed by atoms with Gasteiger partial charge in [0.25, 0.3) is 0 Å². The average molecular weight is 261 g/mol. The molecule has 1 aromatic rings. The van der Waals surface area contributed by atoms with Crippen LogP contribution in [-0.4, -0.2) is 17.4 Å². The molecule has 0 N–H and O–H groups in total. The highest BCUT2D eigenvalue weighted by Crippen LogP contribution is 2.31. The molecular weight excluding hydrogens is 234 g/mol. The van der Waals surface area contributed by atoms with Crippen molar-refractivity contribution in [3.8, 4) is 0 Å². The summed E-state index contributed by atoms with van der Waals surface area (Å²) in [6.07, 6.45) is 2.04. The zero-order valence-corrected chi connectivity index (χ0v) is 13.0. The first-order valence-electron chi connectivity index (χ1n) is 7.40. The molecule has 1 aliphatic heterocycles. The van der Waals surface area contributed by atoms with E-state index < -0.39 is 0 Å². The Morgan fingerprint density at radius 3 is 2.05 bits per heavy atom. The molecule has 2 rings (SSSR count). The van der Waals surface area contributed by atoms with Gasteiger partial charge >= 0.3 is 0 Å². The van der Waals surface area contributed by atoms with E-state index in [9.17, 15) is 4.79 Å². The van der Waals surface area contributed by atoms with E-state index in [1.165, 1.54) is 11.1 Å². The smallest absolute Gasteiger partial charge is 0.228 e. The number of hydrogen-bond donors (Lipinski definition) is 0. The molecule has 1 heterocycles. The summed E-state index contributed by atoms with van der Waals surface area (Å²) in [7, 11) is 0. The zero-order valence-electron chi connectivity index (χ0n) is 13.0. The van der Waals surface area contributed by atoms with Crippen molar-refractivity contribution in [1.82, 2.24) is 4.90 Å². The number of rotatable bonds is 3. The first kappa shape index (κ1) is 15.7. The van der Waals surface area contributed by atoms with E-state index in [1.807, 2.05) is 32.6 Å². The van der Waals surface area contributed by atoms with Crippen LogP contribution in [0.2, 0.25) is 0 Å². The summed E-state index contributed by atoms with van der Waals surface area (Å²) in [5.41, 5.74) is 2.42. The molecular formula is C17H27NO. The summed E-state index contributed by atoms with van der Waals surface area (Å²) in [6.45, 7) is 11.9. The van der Waals surface area contributed by atoms with E-state index >= 15 is 0 Å². The van der Waals surface area contributed by atoms with Gasteiger partial charge in [-0.3, -0.25) is 4.79 Å². The summed E-state index contributed by atoms with van der Waals surface area (Å²) < 4.78 is 0. The highest BCUT2D eigenvalue weighted by molar-refractivity contribution is 5.83. The molecule has 0 radical (unpaired) electrons. The van der Waals surface area contributed by atoms with Crippen LogP contribution in [0.1, 0.15) is 52.2 Å². The van der Waals surface area contributed by atoms with Crippen LogP contribution in [0.4, 0.5) is 0 Å². The number of amides is 1. The second-order valence-electron chi connectivity index (χ2n) is 5.53. The number of carbonyl (C=O) groups excluding carboxylic acids is 1. The van der Waals surface area contributed by atoms with E-state index in [0.717, 1.165) is 25.9 Å². The second kappa shape index (κ2) is 6.74. The summed E-state index contributed by atoms with van der Waals surface area (Å²) in [5.74, 6) is 0.289. The molecule has 106 valence electrons. The summed E-state index contributed by atoms with van der Waals surface area (Å²) >= 11 is 0. The van der Waals surface area contributed by atoms with E-state index in [2.05, 4.69) is 31.2 Å². The van der Waals surface area contributed by atoms with Crippen LogP contribution in [0.3, 0.4) is 0 Å². The lowest BCUT2D eigenvalue weighted by Crippen LogP contribution is -2.30. The standard InChI is InChI=1S/C15H21NO.C2H6/c1-4-12-5-7-13(8-6-12)11-16-10-9-15(2,3)14(16)17;1-2/h5-8H,4,9-11H2,1-3H3;1-2H3. The fourth-order valence-electron chi connectivity index (χ4n) is 2.30. The Morgan fingerprint density at radius 2 is 1.63 bits per heavy atom. The van der Waals surface area contributed by atoms with Gasteiger partial charge < -0.3 is 4.90 Å². The molecule has 0 aromatic heterocycles. The number of aryl methyl sites for hydroxylation is 1. The third-order valence-electron chi connectivity index (χ3n) is 3.68. The van der Waals surface area contributed by atoms with Crippen LogP contribution in [-0.2, 0) is 17.8 Å². The largest absolute Gasteiger partial charge is 0.338 e. The van der Waals surface area contributed by atoms with Gasteiger partial charge in [-0.25, -0.2) is 0 Å². The molecule has 0 atom stereocenters. The maximum absolute atomic E-state index is 12.1. The first-order chi connectivity index (χ1) is 9.03. The highest BCUT2D eigenvalue weighted by Gasteiger charge is 2.38. The van der Waals surface area contributed by atoms with Crippen molar-refractivity contribution in [2.75, 3.05) is 6.54 Å². The maximum Gasteiger partial charge on any atom is 0.228 e. The Balaban J connectivity index is 0.000000861. The molecule has 1 aliphatic rings. The molecule has 1 saturated heterocycles. The number of hydrogen-bond acceptors (Lipinski definition) is 1. The monoisotopic (exact) mass is 261 g/mol. The zero-order chi connectivity index (χ0) is 14.5. The predicted octanol–water partition coefficient (Wildman–Crippen LogP) is 4.03. The van der Waals surface area contributed by atoms with Crippen molar-refractivity contribution in [3.05, 3.63) is 35.4 Å². The van der Waals surface area contributed by atoms with Gasteiger partial charge in [-0.2, -0.15) is 0 Å². The molecule has 0 aliphatic carbocycles. The van der Waals surface area contributed by atoms with Crippen LogP contribution in [0.15, 0.2) is 24.3 Å². The molecule has 0 bridgehead atoms. The van der Waals surface area contributed by atoms with Gasteiger partial charge in [0.15, 0.2) is 0 Å². The molecule has 2 heteroatoms. The minimum absolute atomic E-state index is 0.163. The van der Waals surface area contributed by atoms with Crippen LogP contribution in [0.5, 0.6) is 0 Å². The van der Waals surface area contributed by atoms with E-state index in [-0.39, 0.29) is 11.3 Å². The van der Waals surface area contributed by atoms with Crippen molar-refractivity contribution < 1.29 is 4.79 Å². The average Bonchev–Trinajstić information content (AvgIpc) is 2.69. The number of nitrogens with zero attached hydrogens (tertiary/aromatic N) is 1. The molecule has 1 amide bonds. The van der Waals surface area contributed by atoms with Crippen molar-refractivity contribution in [2.24, 2.45) is 5.41 Å². The third-order valence-corrected chi connectivity index (χ3v) is 3.68. The summed E-state index contributed by atoms with van der Waals surface area (Å²) in [5, 5.41) is 0. The Hall–Kier alpha value is -1.31. The fourth-order valence-corrected chi connectivity index (χ4v) is 2.30. The minimum atomic E-state index is -0.163. The maximum atomic E-state index is 12.1. The van der Waals surface area contributed by atoms with Crippen molar-refractivity contribution >= 4 is 5.91 Å². The van der Waals surface area contributed by atoms with Gasteiger partial charge in [-0.15, -0.1) is 0 Å². The van der Waals surface area contributed by atoms with Crippen LogP contribution in [0.25, 0.3) is 0 Å². The molecule has 19 heavy (non-hydrogen) atoms. The van der Waals surface area contributed by atoms with Crippen LogP contribution >= 0.6 is 0 Å². The van der Waals surface area contributed by atoms with Crippen molar-refractivity contribution in [2.45, 2.75) is 54.0 Å². The van der Waals surface area contributed by atoms with E-state index in [4.69, 9.17) is 0 Å². The van der Waals surface area contributed by atoms with E-state index in [1.54, 1.807) is 0 Å². The quantitative estimate of drug-likeness (QED) is 0.804. The molecule has 0 saturated carbocycles. The highest BCUT2D eigenvalue weighted by atomic mass is 16.2. The van der Waals surface area contributed by atoms with Gasteiger partial charge in [0.05, 0.1) is 0 Å². The Morgan fingerprint density at radius 1 is 1.11 bits per heavy atom. The van der Waals surface area contributed by atoms with Crippen molar-refractivity contribution in [1.29, 1.82) is 0 Å². The number of likely N-dealkylation sites (tertiary alicyclic amines) is 1. The Labute approximate surface area is 117 Å². The minimum Gasteiger partial charge on any atom is -0.338 e. The molecule has 1 aromatic carbocycles. The van der Waals surface area contributed by atoms with Crippen LogP contribution in [0, 0.1) is 5.41 Å². The summed E-state index contributed by atoms with van der Waals surface area (Å²) in [4.78, 5) is 14.1. The Kier molecular flexibility index (Phi) is 5.59. The lowest BCUT2D eigenvalue weighted by Gasteiger charge is -2.19. The fraction of sp³-hybridized carbons (Fsp3) is 0.588. The van der Waals surface area contributed by atoms with Gasteiger partial charge in [0.2, 0.25) is 5.91 Å². The third kappa shape index (κ3) is 3.82. The normalized spacial score (nSPS) is 17.1.